The molecule has 0 aliphatic heterocycles. The number of hydrogen-bond donors (Lipinski definition) is 2. The second-order valence-corrected chi connectivity index (χ2v) is 5.84. The van der Waals surface area contributed by atoms with Crippen LogP contribution in [0.4, 0.5) is 5.82 Å². The van der Waals surface area contributed by atoms with E-state index < -0.39 is 5.60 Å². The zero-order chi connectivity index (χ0) is 12.4. The summed E-state index contributed by atoms with van der Waals surface area (Å²) < 4.78 is 0. The van der Waals surface area contributed by atoms with Crippen molar-refractivity contribution in [1.82, 2.24) is 9.97 Å². The number of rotatable bonds is 3. The highest BCUT2D eigenvalue weighted by atomic mass is 16.3. The van der Waals surface area contributed by atoms with Gasteiger partial charge in [0.15, 0.2) is 0 Å². The van der Waals surface area contributed by atoms with E-state index in [1.165, 1.54) is 6.33 Å². The molecule has 1 aromatic heterocycles. The first-order chi connectivity index (χ1) is 7.99. The predicted octanol–water partition coefficient (Wildman–Crippen LogP) is 2.22. The van der Waals surface area contributed by atoms with Gasteiger partial charge in [-0.25, -0.2) is 9.97 Å². The summed E-state index contributed by atoms with van der Waals surface area (Å²) in [5, 5.41) is 13.6. The minimum Gasteiger partial charge on any atom is -0.388 e. The summed E-state index contributed by atoms with van der Waals surface area (Å²) in [6, 6.07) is 1.82. The summed E-state index contributed by atoms with van der Waals surface area (Å²) in [7, 11) is 0. The summed E-state index contributed by atoms with van der Waals surface area (Å²) in [5.74, 6) is 0.776. The fourth-order valence-corrected chi connectivity index (χ4v) is 2.22. The van der Waals surface area contributed by atoms with Crippen molar-refractivity contribution >= 4 is 5.82 Å². The molecular formula is C13H21N3O. The molecule has 1 aromatic rings. The zero-order valence-corrected chi connectivity index (χ0v) is 10.6. The summed E-state index contributed by atoms with van der Waals surface area (Å²) in [6.45, 7) is 5.11. The van der Waals surface area contributed by atoms with Crippen molar-refractivity contribution in [2.24, 2.45) is 5.41 Å². The van der Waals surface area contributed by atoms with Gasteiger partial charge >= 0.3 is 0 Å². The smallest absolute Gasteiger partial charge is 0.129 e. The van der Waals surface area contributed by atoms with Crippen molar-refractivity contribution in [3.8, 4) is 0 Å². The molecule has 17 heavy (non-hydrogen) atoms. The monoisotopic (exact) mass is 235 g/mol. The van der Waals surface area contributed by atoms with Crippen LogP contribution in [0.5, 0.6) is 0 Å². The minimum atomic E-state index is -0.583. The van der Waals surface area contributed by atoms with Crippen LogP contribution in [0.15, 0.2) is 18.6 Å². The third-order valence-electron chi connectivity index (χ3n) is 3.71. The van der Waals surface area contributed by atoms with Crippen LogP contribution < -0.4 is 5.32 Å². The molecule has 1 heterocycles. The Labute approximate surface area is 102 Å². The van der Waals surface area contributed by atoms with Crippen molar-refractivity contribution in [3.63, 3.8) is 0 Å². The van der Waals surface area contributed by atoms with E-state index in [2.05, 4.69) is 29.1 Å². The zero-order valence-electron chi connectivity index (χ0n) is 10.6. The van der Waals surface area contributed by atoms with Gasteiger partial charge in [-0.3, -0.25) is 0 Å². The molecular weight excluding hydrogens is 214 g/mol. The van der Waals surface area contributed by atoms with Gasteiger partial charge in [-0.2, -0.15) is 0 Å². The molecule has 1 aliphatic rings. The van der Waals surface area contributed by atoms with E-state index in [1.807, 2.05) is 6.07 Å². The van der Waals surface area contributed by atoms with Gasteiger partial charge in [0.25, 0.3) is 0 Å². The number of aliphatic hydroxyl groups is 1. The third kappa shape index (κ3) is 3.40. The summed E-state index contributed by atoms with van der Waals surface area (Å²) in [6.07, 6.45) is 7.08. The van der Waals surface area contributed by atoms with E-state index in [0.29, 0.717) is 12.0 Å². The lowest BCUT2D eigenvalue weighted by atomic mass is 9.71. The molecule has 1 saturated carbocycles. The van der Waals surface area contributed by atoms with Crippen LogP contribution in [-0.2, 0) is 0 Å². The Morgan fingerprint density at radius 3 is 2.59 bits per heavy atom. The Morgan fingerprint density at radius 2 is 2.00 bits per heavy atom. The lowest BCUT2D eigenvalue weighted by molar-refractivity contribution is -0.0145. The van der Waals surface area contributed by atoms with Crippen LogP contribution in [0.1, 0.15) is 39.5 Å². The molecule has 2 rings (SSSR count). The molecule has 1 aliphatic carbocycles. The second kappa shape index (κ2) is 4.61. The van der Waals surface area contributed by atoms with Crippen LogP contribution in [0, 0.1) is 5.41 Å². The van der Waals surface area contributed by atoms with Crippen molar-refractivity contribution in [2.45, 2.75) is 45.1 Å². The molecule has 4 heteroatoms. The number of nitrogens with one attached hydrogen (secondary N) is 1. The highest BCUT2D eigenvalue weighted by Crippen LogP contribution is 2.40. The predicted molar refractivity (Wildman–Crippen MR) is 67.7 cm³/mol. The standard InChI is InChI=1S/C13H21N3O/c1-12(2)4-6-13(17,7-5-12)9-15-11-3-8-14-10-16-11/h3,8,10,17H,4-7,9H2,1-2H3,(H,14,15,16). The lowest BCUT2D eigenvalue weighted by Crippen LogP contribution is -2.42. The third-order valence-corrected chi connectivity index (χ3v) is 3.71. The Hall–Kier alpha value is -1.16. The van der Waals surface area contributed by atoms with Crippen LogP contribution in [0.2, 0.25) is 0 Å². The first-order valence-electron chi connectivity index (χ1n) is 6.22. The SMILES string of the molecule is CC1(C)CCC(O)(CNc2ccncn2)CC1. The van der Waals surface area contributed by atoms with E-state index >= 15 is 0 Å². The Balaban J connectivity index is 1.87. The van der Waals surface area contributed by atoms with Gasteiger partial charge in [0, 0.05) is 12.7 Å². The summed E-state index contributed by atoms with van der Waals surface area (Å²) in [5.41, 5.74) is -0.207. The average molecular weight is 235 g/mol. The van der Waals surface area contributed by atoms with Crippen molar-refractivity contribution < 1.29 is 5.11 Å². The molecule has 0 unspecified atom stereocenters. The van der Waals surface area contributed by atoms with Gasteiger partial charge in [-0.05, 0) is 37.2 Å². The first-order valence-corrected chi connectivity index (χ1v) is 6.22. The fraction of sp³-hybridized carbons (Fsp3) is 0.692. The number of nitrogens with zero attached hydrogens (tertiary/aromatic N) is 2. The van der Waals surface area contributed by atoms with Crippen LogP contribution in [0.3, 0.4) is 0 Å². The molecule has 0 atom stereocenters. The quantitative estimate of drug-likeness (QED) is 0.843. The summed E-state index contributed by atoms with van der Waals surface area (Å²) in [4.78, 5) is 7.95. The molecule has 94 valence electrons. The maximum absolute atomic E-state index is 10.5. The molecule has 1 fully saturated rings. The molecule has 4 nitrogen and oxygen atoms in total. The van der Waals surface area contributed by atoms with Crippen molar-refractivity contribution in [3.05, 3.63) is 18.6 Å². The largest absolute Gasteiger partial charge is 0.388 e. The van der Waals surface area contributed by atoms with Gasteiger partial charge in [-0.15, -0.1) is 0 Å². The first kappa shape index (κ1) is 12.3. The Kier molecular flexibility index (Phi) is 3.33. The maximum atomic E-state index is 10.5. The van der Waals surface area contributed by atoms with E-state index in [1.54, 1.807) is 6.20 Å². The molecule has 0 spiro atoms. The van der Waals surface area contributed by atoms with Crippen molar-refractivity contribution in [1.29, 1.82) is 0 Å². The van der Waals surface area contributed by atoms with Gasteiger partial charge in [0.05, 0.1) is 5.60 Å². The normalized spacial score (nSPS) is 22.1. The number of anilines is 1. The molecule has 0 radical (unpaired) electrons. The van der Waals surface area contributed by atoms with Crippen LogP contribution in [0.25, 0.3) is 0 Å². The molecule has 0 amide bonds. The number of aromatic nitrogens is 2. The Morgan fingerprint density at radius 1 is 1.29 bits per heavy atom. The maximum Gasteiger partial charge on any atom is 0.129 e. The lowest BCUT2D eigenvalue weighted by Gasteiger charge is -2.40. The van der Waals surface area contributed by atoms with E-state index in [9.17, 15) is 5.11 Å². The van der Waals surface area contributed by atoms with Gasteiger partial charge in [-0.1, -0.05) is 13.8 Å². The van der Waals surface area contributed by atoms with Gasteiger partial charge in [0.2, 0.25) is 0 Å². The average Bonchev–Trinajstić information content (AvgIpc) is 2.33. The van der Waals surface area contributed by atoms with Crippen molar-refractivity contribution in [2.75, 3.05) is 11.9 Å². The Bertz CT molecular complexity index is 354. The van der Waals surface area contributed by atoms with Crippen LogP contribution in [-0.4, -0.2) is 27.2 Å². The van der Waals surface area contributed by atoms with E-state index in [-0.39, 0.29) is 0 Å². The van der Waals surface area contributed by atoms with Gasteiger partial charge < -0.3 is 10.4 Å². The van der Waals surface area contributed by atoms with Gasteiger partial charge in [0.1, 0.15) is 12.1 Å². The molecule has 2 N–H and O–H groups in total. The highest BCUT2D eigenvalue weighted by molar-refractivity contribution is 5.32. The van der Waals surface area contributed by atoms with E-state index in [4.69, 9.17) is 0 Å². The van der Waals surface area contributed by atoms with Crippen LogP contribution >= 0.6 is 0 Å². The summed E-state index contributed by atoms with van der Waals surface area (Å²) >= 11 is 0. The topological polar surface area (TPSA) is 58.0 Å². The number of hydrogen-bond acceptors (Lipinski definition) is 4. The molecule has 0 saturated heterocycles. The molecule has 0 aromatic carbocycles. The highest BCUT2D eigenvalue weighted by Gasteiger charge is 2.36. The molecule has 0 bridgehead atoms. The fourth-order valence-electron chi connectivity index (χ4n) is 2.22. The second-order valence-electron chi connectivity index (χ2n) is 5.84. The van der Waals surface area contributed by atoms with E-state index in [0.717, 1.165) is 31.5 Å². The minimum absolute atomic E-state index is 0.376.